The van der Waals surface area contributed by atoms with E-state index in [0.29, 0.717) is 34.7 Å². The summed E-state index contributed by atoms with van der Waals surface area (Å²) in [6.45, 7) is 1.56. The smallest absolute Gasteiger partial charge is 0.385 e. The summed E-state index contributed by atoms with van der Waals surface area (Å²) < 4.78 is 6.57. The van der Waals surface area contributed by atoms with Gasteiger partial charge in [0, 0.05) is 57.2 Å². The first kappa shape index (κ1) is 20.9. The van der Waals surface area contributed by atoms with E-state index in [2.05, 4.69) is 31.6 Å². The van der Waals surface area contributed by atoms with Gasteiger partial charge in [-0.05, 0) is 24.1 Å². The number of carbonyl (C=O) groups is 1. The molecular weight excluding hydrogens is 361 g/mol. The van der Waals surface area contributed by atoms with E-state index in [-0.39, 0.29) is 51.4 Å². The summed E-state index contributed by atoms with van der Waals surface area (Å²) in [5, 5.41) is 11.7. The number of nitrogens with one attached hydrogen (secondary N) is 1. The molecule has 0 aliphatic heterocycles. The minimum Gasteiger partial charge on any atom is -0.385 e. The molecule has 10 heteroatoms. The average molecular weight is 379 g/mol. The van der Waals surface area contributed by atoms with Gasteiger partial charge in [-0.15, -0.1) is 0 Å². The first-order valence-corrected chi connectivity index (χ1v) is 7.72. The molecule has 26 heavy (non-hydrogen) atoms. The van der Waals surface area contributed by atoms with Crippen molar-refractivity contribution in [1.82, 2.24) is 34.8 Å². The molecule has 0 amide bonds. The van der Waals surface area contributed by atoms with Crippen LogP contribution in [0.25, 0.3) is 22.9 Å². The van der Waals surface area contributed by atoms with E-state index in [4.69, 9.17) is 4.74 Å². The maximum Gasteiger partial charge on any atom is 1.00 e. The standard InChI is InChI=1S/C16H18N7O2.K/c1-22(5-3-7-25-2)6-4-12-9-23(21-14(12)10-24)16-13-8-19-20-15(13)17-11-18-16;/h4,6,8-10H,3,5,7H2,1-2H3,(H,17,18,19,20);/q-1;+1/b6-4-;. The van der Waals surface area contributed by atoms with Gasteiger partial charge in [0.2, 0.25) is 0 Å². The van der Waals surface area contributed by atoms with Gasteiger partial charge in [-0.25, -0.2) is 0 Å². The summed E-state index contributed by atoms with van der Waals surface area (Å²) in [5.74, 6) is 0.509. The third kappa shape index (κ3) is 4.84. The molecule has 0 unspecified atom stereocenters. The van der Waals surface area contributed by atoms with Crippen molar-refractivity contribution in [1.29, 1.82) is 0 Å². The first-order chi connectivity index (χ1) is 12.2. The molecule has 0 saturated carbocycles. The Morgan fingerprint density at radius 3 is 3.04 bits per heavy atom. The molecule has 0 aromatic carbocycles. The number of methoxy groups -OCH3 is 1. The fourth-order valence-electron chi connectivity index (χ4n) is 2.35. The summed E-state index contributed by atoms with van der Waals surface area (Å²) in [6, 6.07) is 0. The SMILES string of the molecule is COCCCN(C)/C=C\c1cn(-c2n[c-]nc3[nH]ncc23)nc1C=O.[K+]. The van der Waals surface area contributed by atoms with Gasteiger partial charge in [0.05, 0.1) is 5.82 Å². The largest absolute Gasteiger partial charge is 1.00 e. The first-order valence-electron chi connectivity index (χ1n) is 7.72. The molecule has 0 aliphatic rings. The maximum atomic E-state index is 11.3. The molecule has 130 valence electrons. The van der Waals surface area contributed by atoms with Crippen LogP contribution in [0.1, 0.15) is 22.5 Å². The number of H-pyrrole nitrogens is 1. The summed E-state index contributed by atoms with van der Waals surface area (Å²) in [7, 11) is 3.65. The second kappa shape index (κ2) is 10.0. The van der Waals surface area contributed by atoms with Crippen LogP contribution in [0, 0.1) is 6.33 Å². The summed E-state index contributed by atoms with van der Waals surface area (Å²) in [6.07, 6.45) is 11.3. The van der Waals surface area contributed by atoms with Crippen LogP contribution in [-0.2, 0) is 4.74 Å². The zero-order valence-electron chi connectivity index (χ0n) is 15.0. The van der Waals surface area contributed by atoms with Crippen molar-refractivity contribution in [2.75, 3.05) is 27.3 Å². The van der Waals surface area contributed by atoms with Gasteiger partial charge in [-0.1, -0.05) is 0 Å². The van der Waals surface area contributed by atoms with Gasteiger partial charge < -0.3 is 24.7 Å². The van der Waals surface area contributed by atoms with E-state index in [0.717, 1.165) is 19.3 Å². The summed E-state index contributed by atoms with van der Waals surface area (Å²) in [5.41, 5.74) is 1.59. The molecule has 3 aromatic heterocycles. The molecule has 9 nitrogen and oxygen atoms in total. The number of carbonyl (C=O) groups excluding carboxylic acids is 1. The van der Waals surface area contributed by atoms with Crippen molar-refractivity contribution in [3.63, 3.8) is 0 Å². The predicted molar refractivity (Wildman–Crippen MR) is 91.2 cm³/mol. The van der Waals surface area contributed by atoms with Crippen LogP contribution in [0.5, 0.6) is 0 Å². The monoisotopic (exact) mass is 379 g/mol. The Labute approximate surface area is 193 Å². The van der Waals surface area contributed by atoms with Gasteiger partial charge in [0.1, 0.15) is 5.69 Å². The van der Waals surface area contributed by atoms with E-state index in [9.17, 15) is 4.79 Å². The number of rotatable bonds is 8. The second-order valence-corrected chi connectivity index (χ2v) is 5.45. The van der Waals surface area contributed by atoms with Crippen LogP contribution < -0.4 is 51.4 Å². The molecule has 1 N–H and O–H groups in total. The number of ether oxygens (including phenoxy) is 1. The average Bonchev–Trinajstić information content (AvgIpc) is 3.26. The molecule has 0 spiro atoms. The van der Waals surface area contributed by atoms with Crippen LogP contribution in [0.3, 0.4) is 0 Å². The Morgan fingerprint density at radius 2 is 2.27 bits per heavy atom. The Kier molecular flexibility index (Phi) is 8.06. The number of nitrogens with zero attached hydrogens (tertiary/aromatic N) is 6. The topological polar surface area (TPSA) is 102 Å². The quantitative estimate of drug-likeness (QED) is 0.211. The van der Waals surface area contributed by atoms with Gasteiger partial charge in [0.15, 0.2) is 6.29 Å². The van der Waals surface area contributed by atoms with E-state index in [1.165, 1.54) is 4.68 Å². The molecule has 0 bridgehead atoms. The van der Waals surface area contributed by atoms with E-state index in [1.54, 1.807) is 19.5 Å². The number of hydrogen-bond donors (Lipinski definition) is 1. The van der Waals surface area contributed by atoms with Crippen molar-refractivity contribution < 1.29 is 60.9 Å². The van der Waals surface area contributed by atoms with Crippen LogP contribution in [0.2, 0.25) is 0 Å². The van der Waals surface area contributed by atoms with Gasteiger partial charge in [0.25, 0.3) is 0 Å². The second-order valence-electron chi connectivity index (χ2n) is 5.45. The summed E-state index contributed by atoms with van der Waals surface area (Å²) >= 11 is 0. The normalized spacial score (nSPS) is 11.0. The Bertz CT molecular complexity index is 890. The van der Waals surface area contributed by atoms with Crippen molar-refractivity contribution in [3.8, 4) is 5.82 Å². The van der Waals surface area contributed by atoms with Gasteiger partial charge >= 0.3 is 51.4 Å². The van der Waals surface area contributed by atoms with Crippen molar-refractivity contribution in [2.45, 2.75) is 6.42 Å². The Hall–Kier alpha value is -1.43. The molecule has 3 heterocycles. The number of aldehydes is 1. The molecule has 0 aliphatic carbocycles. The van der Waals surface area contributed by atoms with Gasteiger partial charge in [-0.2, -0.15) is 10.2 Å². The minimum atomic E-state index is 0. The molecule has 0 radical (unpaired) electrons. The van der Waals surface area contributed by atoms with E-state index >= 15 is 0 Å². The Balaban J connectivity index is 0.00000243. The number of fused-ring (bicyclic) bond motifs is 1. The number of hydrogen-bond acceptors (Lipinski definition) is 7. The fourth-order valence-corrected chi connectivity index (χ4v) is 2.35. The number of aromatic nitrogens is 6. The minimum absolute atomic E-state index is 0. The van der Waals surface area contributed by atoms with Crippen molar-refractivity contribution in [3.05, 3.63) is 36.2 Å². The van der Waals surface area contributed by atoms with Crippen molar-refractivity contribution in [2.24, 2.45) is 0 Å². The Morgan fingerprint density at radius 1 is 1.42 bits per heavy atom. The van der Waals surface area contributed by atoms with Crippen LogP contribution in [0.15, 0.2) is 18.6 Å². The molecule has 0 fully saturated rings. The predicted octanol–water partition coefficient (Wildman–Crippen LogP) is -1.91. The van der Waals surface area contributed by atoms with Crippen molar-refractivity contribution >= 4 is 23.4 Å². The van der Waals surface area contributed by atoms with Crippen LogP contribution >= 0.6 is 0 Å². The molecular formula is C16H18KN7O2. The molecule has 3 rings (SSSR count). The fraction of sp³-hybridized carbons (Fsp3) is 0.312. The zero-order valence-corrected chi connectivity index (χ0v) is 18.1. The van der Waals surface area contributed by atoms with Crippen LogP contribution in [-0.4, -0.2) is 68.4 Å². The molecule has 0 saturated heterocycles. The van der Waals surface area contributed by atoms with Crippen LogP contribution in [0.4, 0.5) is 0 Å². The number of aromatic amines is 1. The third-order valence-electron chi connectivity index (χ3n) is 3.65. The molecule has 3 aromatic rings. The zero-order chi connectivity index (χ0) is 17.6. The maximum absolute atomic E-state index is 11.3. The third-order valence-corrected chi connectivity index (χ3v) is 3.65. The van der Waals surface area contributed by atoms with E-state index < -0.39 is 0 Å². The molecule has 0 atom stereocenters. The van der Waals surface area contributed by atoms with Gasteiger partial charge in [-0.3, -0.25) is 9.48 Å². The van der Waals surface area contributed by atoms with E-state index in [1.807, 2.05) is 24.2 Å². The summed E-state index contributed by atoms with van der Waals surface area (Å²) in [4.78, 5) is 21.5.